The summed E-state index contributed by atoms with van der Waals surface area (Å²) in [6, 6.07) is 16.5. The number of carbonyl (C=O) groups is 2. The van der Waals surface area contributed by atoms with E-state index in [9.17, 15) is 24.9 Å². The number of hydrogen-bond donors (Lipinski definition) is 4. The van der Waals surface area contributed by atoms with Crippen molar-refractivity contribution in [1.82, 2.24) is 0 Å². The number of carbonyl (C=O) groups excluding carboxylic acids is 2. The van der Waals surface area contributed by atoms with E-state index in [1.807, 2.05) is 47.6 Å². The third-order valence-electron chi connectivity index (χ3n) is 9.08. The van der Waals surface area contributed by atoms with E-state index in [1.165, 1.54) is 31.4 Å². The fourth-order valence-electron chi connectivity index (χ4n) is 5.64. The number of ketones is 2. The van der Waals surface area contributed by atoms with Crippen LogP contribution < -0.4 is 15.2 Å². The summed E-state index contributed by atoms with van der Waals surface area (Å²) >= 11 is 0. The Morgan fingerprint density at radius 2 is 1.22 bits per heavy atom. The van der Waals surface area contributed by atoms with Gasteiger partial charge in [0, 0.05) is 55.5 Å². The Hall–Kier alpha value is -6.02. The van der Waals surface area contributed by atoms with Gasteiger partial charge < -0.3 is 30.5 Å². The van der Waals surface area contributed by atoms with Crippen molar-refractivity contribution >= 4 is 29.4 Å². The van der Waals surface area contributed by atoms with Crippen LogP contribution in [-0.2, 0) is 10.8 Å². The molecule has 8 nitrogen and oxygen atoms in total. The molecule has 0 aliphatic rings. The molecule has 0 aliphatic carbocycles. The molecule has 54 heavy (non-hydrogen) atoms. The molecule has 0 bridgehead atoms. The first-order chi connectivity index (χ1) is 25.3. The lowest BCUT2D eigenvalue weighted by Gasteiger charge is -2.32. The molecule has 284 valence electrons. The first-order valence-corrected chi connectivity index (χ1v) is 17.6. The minimum absolute atomic E-state index is 0.101. The van der Waals surface area contributed by atoms with Crippen molar-refractivity contribution in [3.05, 3.63) is 143 Å². The Balaban J connectivity index is 0.000000311. The standard InChI is InChI=1S/C28H34O4.C18H19NO3/c1-9-27(5,6)22-17-20(13-16-23(30)19-11-14-21(29)15-12-19)26(32-18(3)4)24(25(22)31)28(7,8)10-2;1-11-10-14(18(22-3)12(2)17(11)21)6-9-16(20)13-4-7-15(19)8-5-13/h9-18,29,31H,1-2H2,3-8H3;4-10,21H,19H2,1-3H3. The van der Waals surface area contributed by atoms with Crippen LogP contribution in [0.2, 0.25) is 0 Å². The molecule has 0 amide bonds. The summed E-state index contributed by atoms with van der Waals surface area (Å²) in [4.78, 5) is 24.9. The number of phenolic OH excluding ortho intramolecular Hbond substituents is 3. The predicted octanol–water partition coefficient (Wildman–Crippen LogP) is 10.2. The second-order valence-electron chi connectivity index (χ2n) is 14.4. The minimum atomic E-state index is -0.592. The van der Waals surface area contributed by atoms with Crippen LogP contribution in [0, 0.1) is 13.8 Å². The molecule has 4 aromatic carbocycles. The second-order valence-corrected chi connectivity index (χ2v) is 14.4. The van der Waals surface area contributed by atoms with E-state index in [0.29, 0.717) is 50.6 Å². The van der Waals surface area contributed by atoms with E-state index in [1.54, 1.807) is 80.6 Å². The van der Waals surface area contributed by atoms with Crippen LogP contribution in [0.15, 0.2) is 98.1 Å². The molecule has 0 spiro atoms. The van der Waals surface area contributed by atoms with Crippen molar-refractivity contribution < 1.29 is 34.4 Å². The predicted molar refractivity (Wildman–Crippen MR) is 220 cm³/mol. The quantitative estimate of drug-likeness (QED) is 0.0461. The zero-order valence-corrected chi connectivity index (χ0v) is 32.8. The van der Waals surface area contributed by atoms with Gasteiger partial charge in [-0.2, -0.15) is 0 Å². The molecule has 0 unspecified atom stereocenters. The molecule has 4 rings (SSSR count). The zero-order chi connectivity index (χ0) is 40.5. The van der Waals surface area contributed by atoms with Crippen LogP contribution in [0.5, 0.6) is 28.7 Å². The number of rotatable bonds is 13. The molecule has 0 saturated carbocycles. The number of aryl methyl sites for hydroxylation is 1. The number of aromatic hydroxyl groups is 3. The number of ether oxygens (including phenoxy) is 2. The summed E-state index contributed by atoms with van der Waals surface area (Å²) in [6.45, 7) is 23.2. The largest absolute Gasteiger partial charge is 0.508 e. The zero-order valence-electron chi connectivity index (χ0n) is 32.8. The van der Waals surface area contributed by atoms with Gasteiger partial charge in [-0.3, -0.25) is 9.59 Å². The highest BCUT2D eigenvalue weighted by Gasteiger charge is 2.33. The third-order valence-corrected chi connectivity index (χ3v) is 9.08. The Morgan fingerprint density at radius 3 is 1.69 bits per heavy atom. The van der Waals surface area contributed by atoms with Crippen molar-refractivity contribution in [2.45, 2.75) is 72.3 Å². The maximum atomic E-state index is 12.7. The maximum absolute atomic E-state index is 12.7. The lowest BCUT2D eigenvalue weighted by atomic mass is 9.76. The Kier molecular flexibility index (Phi) is 13.9. The monoisotopic (exact) mass is 731 g/mol. The summed E-state index contributed by atoms with van der Waals surface area (Å²) in [5, 5.41) is 30.7. The number of benzene rings is 4. The molecule has 0 atom stereocenters. The fraction of sp³-hybridized carbons (Fsp3) is 0.261. The van der Waals surface area contributed by atoms with Gasteiger partial charge in [0.05, 0.1) is 13.2 Å². The summed E-state index contributed by atoms with van der Waals surface area (Å²) in [5.74, 6) is 1.19. The van der Waals surface area contributed by atoms with Gasteiger partial charge in [-0.15, -0.1) is 13.2 Å². The number of nitrogen functional groups attached to an aromatic ring is 1. The van der Waals surface area contributed by atoms with E-state index in [4.69, 9.17) is 15.2 Å². The van der Waals surface area contributed by atoms with E-state index in [2.05, 4.69) is 13.2 Å². The van der Waals surface area contributed by atoms with Gasteiger partial charge >= 0.3 is 0 Å². The van der Waals surface area contributed by atoms with Gasteiger partial charge in [0.2, 0.25) is 0 Å². The van der Waals surface area contributed by atoms with E-state index in [-0.39, 0.29) is 34.9 Å². The molecule has 5 N–H and O–H groups in total. The van der Waals surface area contributed by atoms with Gasteiger partial charge in [-0.05, 0) is 118 Å². The molecule has 0 saturated heterocycles. The Morgan fingerprint density at radius 1 is 0.741 bits per heavy atom. The van der Waals surface area contributed by atoms with Crippen molar-refractivity contribution in [3.8, 4) is 28.7 Å². The van der Waals surface area contributed by atoms with Crippen LogP contribution in [0.4, 0.5) is 5.69 Å². The smallest absolute Gasteiger partial charge is 0.185 e. The highest BCUT2D eigenvalue weighted by atomic mass is 16.5. The average molecular weight is 732 g/mol. The van der Waals surface area contributed by atoms with Gasteiger partial charge in [-0.25, -0.2) is 0 Å². The highest BCUT2D eigenvalue weighted by Crippen LogP contribution is 2.48. The molecule has 4 aromatic rings. The number of nitrogens with two attached hydrogens (primary N) is 1. The van der Waals surface area contributed by atoms with Crippen molar-refractivity contribution in [1.29, 1.82) is 0 Å². The van der Waals surface area contributed by atoms with Crippen LogP contribution in [0.1, 0.15) is 95.6 Å². The van der Waals surface area contributed by atoms with Crippen molar-refractivity contribution in [2.24, 2.45) is 0 Å². The number of allylic oxidation sites excluding steroid dienone is 4. The lowest BCUT2D eigenvalue weighted by molar-refractivity contribution is 0.103. The van der Waals surface area contributed by atoms with Crippen LogP contribution in [0.25, 0.3) is 12.2 Å². The Bertz CT molecular complexity index is 2070. The SMILES string of the molecule is C=CC(C)(C)c1cc(C=CC(=O)c2ccc(O)cc2)c(OC(C)C)c(C(C)(C)C=C)c1O.COc1c(C=CC(=O)c2ccc(N)cc2)cc(C)c(O)c1C. The molecule has 0 aliphatic heterocycles. The first-order valence-electron chi connectivity index (χ1n) is 17.6. The number of anilines is 1. The molecule has 8 heteroatoms. The normalized spacial score (nSPS) is 11.7. The number of hydrogen-bond acceptors (Lipinski definition) is 8. The molecular weight excluding hydrogens is 679 g/mol. The maximum Gasteiger partial charge on any atom is 0.185 e. The summed E-state index contributed by atoms with van der Waals surface area (Å²) in [5.41, 5.74) is 10.3. The number of methoxy groups -OCH3 is 1. The first kappa shape index (κ1) is 42.4. The molecule has 0 aromatic heterocycles. The average Bonchev–Trinajstić information content (AvgIpc) is 3.12. The van der Waals surface area contributed by atoms with Crippen LogP contribution >= 0.6 is 0 Å². The van der Waals surface area contributed by atoms with E-state index < -0.39 is 10.8 Å². The highest BCUT2D eigenvalue weighted by molar-refractivity contribution is 6.07. The summed E-state index contributed by atoms with van der Waals surface area (Å²) in [6.07, 6.45) is 9.77. The Labute approximate surface area is 319 Å². The fourth-order valence-corrected chi connectivity index (χ4v) is 5.64. The van der Waals surface area contributed by atoms with Crippen molar-refractivity contribution in [3.63, 3.8) is 0 Å². The summed E-state index contributed by atoms with van der Waals surface area (Å²) < 4.78 is 11.5. The minimum Gasteiger partial charge on any atom is -0.508 e. The van der Waals surface area contributed by atoms with Gasteiger partial charge in [-0.1, -0.05) is 39.8 Å². The lowest BCUT2D eigenvalue weighted by Crippen LogP contribution is -2.22. The van der Waals surface area contributed by atoms with Crippen molar-refractivity contribution in [2.75, 3.05) is 12.8 Å². The van der Waals surface area contributed by atoms with E-state index in [0.717, 1.165) is 11.1 Å². The van der Waals surface area contributed by atoms with E-state index >= 15 is 0 Å². The summed E-state index contributed by atoms with van der Waals surface area (Å²) in [7, 11) is 1.54. The van der Waals surface area contributed by atoms with Crippen LogP contribution in [0.3, 0.4) is 0 Å². The number of phenols is 3. The van der Waals surface area contributed by atoms with Gasteiger partial charge in [0.1, 0.15) is 28.7 Å². The second kappa shape index (κ2) is 17.7. The molecule has 0 radical (unpaired) electrons. The van der Waals surface area contributed by atoms with Gasteiger partial charge in [0.15, 0.2) is 11.6 Å². The molecular formula is C46H53NO7. The molecule has 0 heterocycles. The van der Waals surface area contributed by atoms with Gasteiger partial charge in [0.25, 0.3) is 0 Å². The third kappa shape index (κ3) is 10.1. The topological polar surface area (TPSA) is 139 Å². The van der Waals surface area contributed by atoms with Crippen LogP contribution in [-0.4, -0.2) is 40.1 Å². The molecule has 0 fully saturated rings.